The molecular formula is C13H15N3O3S4. The van der Waals surface area contributed by atoms with Crippen molar-refractivity contribution in [1.29, 1.82) is 0 Å². The SMILES string of the molecule is Cc1nsc(C)c1O.Cc1nsc(Sc2snc(C)c2O)c1O. The highest BCUT2D eigenvalue weighted by Gasteiger charge is 2.16. The van der Waals surface area contributed by atoms with Crippen LogP contribution in [0.2, 0.25) is 0 Å². The van der Waals surface area contributed by atoms with Crippen molar-refractivity contribution in [3.05, 3.63) is 22.0 Å². The summed E-state index contributed by atoms with van der Waals surface area (Å²) in [6, 6.07) is 0. The molecule has 0 aromatic carbocycles. The molecule has 3 aromatic rings. The molecule has 0 unspecified atom stereocenters. The number of hydrogen-bond acceptors (Lipinski definition) is 10. The lowest BCUT2D eigenvalue weighted by Crippen LogP contribution is -1.69. The monoisotopic (exact) mass is 389 g/mol. The zero-order chi connectivity index (χ0) is 17.1. The van der Waals surface area contributed by atoms with Crippen LogP contribution in [0, 0.1) is 27.7 Å². The second-order valence-electron chi connectivity index (χ2n) is 4.58. The van der Waals surface area contributed by atoms with Crippen molar-refractivity contribution in [3.8, 4) is 17.2 Å². The van der Waals surface area contributed by atoms with Gasteiger partial charge in [-0.15, -0.1) is 0 Å². The zero-order valence-electron chi connectivity index (χ0n) is 12.8. The van der Waals surface area contributed by atoms with Gasteiger partial charge in [0.2, 0.25) is 0 Å². The minimum atomic E-state index is 0.190. The number of aromatic hydroxyl groups is 3. The highest BCUT2D eigenvalue weighted by molar-refractivity contribution is 8.02. The van der Waals surface area contributed by atoms with Gasteiger partial charge in [0.15, 0.2) is 17.2 Å². The number of hydrogen-bond donors (Lipinski definition) is 3. The Labute approximate surface area is 150 Å². The fourth-order valence-electron chi connectivity index (χ4n) is 1.38. The summed E-state index contributed by atoms with van der Waals surface area (Å²) in [6.07, 6.45) is 0. The van der Waals surface area contributed by atoms with Gasteiger partial charge in [-0.05, 0) is 62.3 Å². The summed E-state index contributed by atoms with van der Waals surface area (Å²) in [4.78, 5) is 0.891. The first-order valence-corrected chi connectivity index (χ1v) is 9.55. The van der Waals surface area contributed by atoms with Gasteiger partial charge in [-0.3, -0.25) is 0 Å². The molecular weight excluding hydrogens is 374 g/mol. The maximum atomic E-state index is 9.63. The van der Waals surface area contributed by atoms with Crippen molar-refractivity contribution >= 4 is 46.4 Å². The molecule has 3 heterocycles. The highest BCUT2D eigenvalue weighted by Crippen LogP contribution is 2.45. The maximum absolute atomic E-state index is 9.63. The summed E-state index contributed by atoms with van der Waals surface area (Å²) >= 11 is 5.06. The first-order chi connectivity index (χ1) is 10.8. The Kier molecular flexibility index (Phi) is 5.84. The minimum absolute atomic E-state index is 0.190. The molecule has 0 saturated carbocycles. The Hall–Kier alpha value is -1.36. The summed E-state index contributed by atoms with van der Waals surface area (Å²) < 4.78 is 13.3. The fourth-order valence-corrected chi connectivity index (χ4v) is 4.90. The third-order valence-electron chi connectivity index (χ3n) is 2.78. The average molecular weight is 390 g/mol. The van der Waals surface area contributed by atoms with Gasteiger partial charge in [0, 0.05) is 0 Å². The van der Waals surface area contributed by atoms with Crippen LogP contribution in [0.4, 0.5) is 0 Å². The van der Waals surface area contributed by atoms with Gasteiger partial charge < -0.3 is 15.3 Å². The fraction of sp³-hybridized carbons (Fsp3) is 0.308. The van der Waals surface area contributed by atoms with Crippen molar-refractivity contribution in [2.75, 3.05) is 0 Å². The molecule has 3 aromatic heterocycles. The molecule has 0 aliphatic heterocycles. The Morgan fingerprint density at radius 2 is 1.04 bits per heavy atom. The van der Waals surface area contributed by atoms with Crippen molar-refractivity contribution in [3.63, 3.8) is 0 Å². The molecule has 0 spiro atoms. The molecule has 23 heavy (non-hydrogen) atoms. The summed E-state index contributed by atoms with van der Waals surface area (Å²) in [7, 11) is 0. The van der Waals surface area contributed by atoms with Crippen LogP contribution in [0.25, 0.3) is 0 Å². The molecule has 0 bridgehead atoms. The number of aromatic nitrogens is 3. The van der Waals surface area contributed by atoms with E-state index in [0.717, 1.165) is 10.6 Å². The molecule has 124 valence electrons. The zero-order valence-corrected chi connectivity index (χ0v) is 16.1. The quantitative estimate of drug-likeness (QED) is 0.602. The van der Waals surface area contributed by atoms with Crippen LogP contribution >= 0.6 is 46.4 Å². The van der Waals surface area contributed by atoms with E-state index in [1.165, 1.54) is 46.4 Å². The average Bonchev–Trinajstić information content (AvgIpc) is 3.12. The molecule has 0 radical (unpaired) electrons. The topological polar surface area (TPSA) is 99.4 Å². The normalized spacial score (nSPS) is 10.4. The predicted octanol–water partition coefficient (Wildman–Crippen LogP) is 4.24. The smallest absolute Gasteiger partial charge is 0.163 e. The van der Waals surface area contributed by atoms with Gasteiger partial charge in [-0.2, -0.15) is 13.1 Å². The molecule has 6 nitrogen and oxygen atoms in total. The molecule has 0 saturated heterocycles. The molecule has 0 fully saturated rings. The second-order valence-corrected chi connectivity index (χ2v) is 8.64. The lowest BCUT2D eigenvalue weighted by molar-refractivity contribution is 0.459. The second kappa shape index (κ2) is 7.47. The minimum Gasteiger partial charge on any atom is -0.505 e. The van der Waals surface area contributed by atoms with Crippen molar-refractivity contribution in [2.24, 2.45) is 0 Å². The molecule has 0 aliphatic rings. The van der Waals surface area contributed by atoms with Crippen LogP contribution < -0.4 is 0 Å². The lowest BCUT2D eigenvalue weighted by Gasteiger charge is -1.95. The molecule has 0 aliphatic carbocycles. The van der Waals surface area contributed by atoms with E-state index in [1.54, 1.807) is 20.8 Å². The van der Waals surface area contributed by atoms with E-state index in [1.807, 2.05) is 6.92 Å². The molecule has 3 N–H and O–H groups in total. The maximum Gasteiger partial charge on any atom is 0.163 e. The van der Waals surface area contributed by atoms with Crippen molar-refractivity contribution in [1.82, 2.24) is 13.1 Å². The molecule has 0 amide bonds. The van der Waals surface area contributed by atoms with Crippen molar-refractivity contribution in [2.45, 2.75) is 36.1 Å². The van der Waals surface area contributed by atoms with Gasteiger partial charge in [0.05, 0.1) is 22.0 Å². The number of nitrogens with zero attached hydrogens (tertiary/aromatic N) is 3. The van der Waals surface area contributed by atoms with E-state index in [0.29, 0.717) is 25.6 Å². The number of rotatable bonds is 2. The molecule has 0 atom stereocenters. The van der Waals surface area contributed by atoms with Gasteiger partial charge in [-0.25, -0.2) is 0 Å². The van der Waals surface area contributed by atoms with Crippen LogP contribution in [-0.2, 0) is 0 Å². The Balaban J connectivity index is 0.000000203. The van der Waals surface area contributed by atoms with E-state index < -0.39 is 0 Å². The van der Waals surface area contributed by atoms with Crippen LogP contribution in [0.3, 0.4) is 0 Å². The Morgan fingerprint density at radius 3 is 1.26 bits per heavy atom. The summed E-state index contributed by atoms with van der Waals surface area (Å²) in [5.74, 6) is 0.723. The van der Waals surface area contributed by atoms with Crippen LogP contribution in [0.1, 0.15) is 22.0 Å². The van der Waals surface area contributed by atoms with Crippen LogP contribution in [0.15, 0.2) is 8.42 Å². The number of aryl methyl sites for hydroxylation is 4. The molecule has 3 rings (SSSR count). The highest BCUT2D eigenvalue weighted by atomic mass is 32.2. The largest absolute Gasteiger partial charge is 0.505 e. The van der Waals surface area contributed by atoms with Gasteiger partial charge in [0.25, 0.3) is 0 Å². The van der Waals surface area contributed by atoms with Crippen LogP contribution in [0.5, 0.6) is 17.2 Å². The first-order valence-electron chi connectivity index (χ1n) is 6.41. The van der Waals surface area contributed by atoms with Gasteiger partial charge in [-0.1, -0.05) is 11.8 Å². The van der Waals surface area contributed by atoms with E-state index in [9.17, 15) is 10.2 Å². The molecule has 10 heteroatoms. The Morgan fingerprint density at radius 1 is 0.652 bits per heavy atom. The summed E-state index contributed by atoms with van der Waals surface area (Å²) in [5, 5.41) is 28.2. The lowest BCUT2D eigenvalue weighted by atomic mass is 10.4. The first kappa shape index (κ1) is 18.0. The third-order valence-corrected chi connectivity index (χ3v) is 6.77. The van der Waals surface area contributed by atoms with Gasteiger partial charge >= 0.3 is 0 Å². The van der Waals surface area contributed by atoms with E-state index in [2.05, 4.69) is 13.1 Å². The van der Waals surface area contributed by atoms with E-state index in [-0.39, 0.29) is 11.5 Å². The van der Waals surface area contributed by atoms with Crippen LogP contribution in [-0.4, -0.2) is 28.4 Å². The third kappa shape index (κ3) is 4.14. The summed E-state index contributed by atoms with van der Waals surface area (Å²) in [5.41, 5.74) is 1.96. The summed E-state index contributed by atoms with van der Waals surface area (Å²) in [6.45, 7) is 7.13. The standard InChI is InChI=1S/C8H8N2O2S3.C5H7NOS/c1-3-5(11)7(14-9-3)13-8-6(12)4(2)10-15-8;1-3-5(7)4(2)8-6-3/h11-12H,1-2H3;7H,1-2H3. The van der Waals surface area contributed by atoms with E-state index >= 15 is 0 Å². The van der Waals surface area contributed by atoms with Crippen molar-refractivity contribution < 1.29 is 15.3 Å². The Bertz CT molecular complexity index is 746. The van der Waals surface area contributed by atoms with E-state index in [4.69, 9.17) is 5.11 Å². The van der Waals surface area contributed by atoms with Gasteiger partial charge in [0.1, 0.15) is 8.42 Å². The predicted molar refractivity (Wildman–Crippen MR) is 94.4 cm³/mol.